The molecule has 0 fully saturated rings. The van der Waals surface area contributed by atoms with Crippen LogP contribution in [0.4, 0.5) is 10.1 Å². The van der Waals surface area contributed by atoms with E-state index in [9.17, 15) is 14.5 Å². The average molecular weight is 289 g/mol. The van der Waals surface area contributed by atoms with Gasteiger partial charge in [0.15, 0.2) is 5.75 Å². The first-order chi connectivity index (χ1) is 9.99. The standard InChI is InChI=1S/C14H12FN3O3/c15-10-5-6-13(12(7-10)18(19)20)21-8-9-3-1-2-4-11(9)14(16)17/h1-7H,8H2,(H3,16,17). The van der Waals surface area contributed by atoms with Crippen molar-refractivity contribution in [3.8, 4) is 5.75 Å². The molecule has 0 saturated carbocycles. The second kappa shape index (κ2) is 6.00. The van der Waals surface area contributed by atoms with Crippen molar-refractivity contribution in [3.05, 3.63) is 69.5 Å². The molecule has 0 amide bonds. The molecule has 0 aromatic heterocycles. The van der Waals surface area contributed by atoms with Gasteiger partial charge in [0.05, 0.1) is 11.0 Å². The number of hydrogen-bond acceptors (Lipinski definition) is 4. The minimum atomic E-state index is -0.713. The Balaban J connectivity index is 2.25. The predicted octanol–water partition coefficient (Wildman–Crippen LogP) is 2.60. The van der Waals surface area contributed by atoms with Gasteiger partial charge in [0.2, 0.25) is 0 Å². The van der Waals surface area contributed by atoms with Crippen molar-refractivity contribution < 1.29 is 14.1 Å². The van der Waals surface area contributed by atoms with E-state index in [1.807, 2.05) is 0 Å². The van der Waals surface area contributed by atoms with Gasteiger partial charge in [0, 0.05) is 11.1 Å². The zero-order chi connectivity index (χ0) is 15.4. The summed E-state index contributed by atoms with van der Waals surface area (Å²) in [5, 5.41) is 18.3. The maximum Gasteiger partial charge on any atom is 0.313 e. The second-order valence-electron chi connectivity index (χ2n) is 4.23. The Morgan fingerprint density at radius 3 is 2.71 bits per heavy atom. The number of hydrogen-bond donors (Lipinski definition) is 2. The zero-order valence-electron chi connectivity index (χ0n) is 10.9. The largest absolute Gasteiger partial charge is 0.482 e. The van der Waals surface area contributed by atoms with Gasteiger partial charge in [-0.2, -0.15) is 0 Å². The van der Waals surface area contributed by atoms with E-state index < -0.39 is 16.4 Å². The third-order valence-corrected chi connectivity index (χ3v) is 2.81. The minimum Gasteiger partial charge on any atom is -0.482 e. The van der Waals surface area contributed by atoms with Gasteiger partial charge in [0.1, 0.15) is 18.3 Å². The fraction of sp³-hybridized carbons (Fsp3) is 0.0714. The van der Waals surface area contributed by atoms with Gasteiger partial charge in [-0.1, -0.05) is 24.3 Å². The van der Waals surface area contributed by atoms with Crippen LogP contribution in [-0.4, -0.2) is 10.8 Å². The molecule has 0 aliphatic rings. The van der Waals surface area contributed by atoms with Crippen molar-refractivity contribution in [2.45, 2.75) is 6.61 Å². The Morgan fingerprint density at radius 1 is 1.33 bits per heavy atom. The normalized spacial score (nSPS) is 10.1. The molecule has 0 aliphatic heterocycles. The smallest absolute Gasteiger partial charge is 0.313 e. The molecule has 21 heavy (non-hydrogen) atoms. The summed E-state index contributed by atoms with van der Waals surface area (Å²) in [5.41, 5.74) is 6.11. The molecule has 0 heterocycles. The summed E-state index contributed by atoms with van der Waals surface area (Å²) in [4.78, 5) is 10.2. The lowest BCUT2D eigenvalue weighted by Gasteiger charge is -2.10. The van der Waals surface area contributed by atoms with Crippen LogP contribution < -0.4 is 10.5 Å². The number of ether oxygens (including phenoxy) is 1. The summed E-state index contributed by atoms with van der Waals surface area (Å²) in [6.07, 6.45) is 0. The molecule has 0 atom stereocenters. The van der Waals surface area contributed by atoms with Gasteiger partial charge in [-0.05, 0) is 12.1 Å². The number of nitrogens with zero attached hydrogens (tertiary/aromatic N) is 1. The Kier molecular flexibility index (Phi) is 4.13. The summed E-state index contributed by atoms with van der Waals surface area (Å²) in [6.45, 7) is -0.0117. The Morgan fingerprint density at radius 2 is 2.05 bits per heavy atom. The molecule has 0 radical (unpaired) electrons. The maximum atomic E-state index is 13.0. The molecule has 0 spiro atoms. The molecule has 3 N–H and O–H groups in total. The van der Waals surface area contributed by atoms with E-state index in [-0.39, 0.29) is 18.2 Å². The molecule has 0 bridgehead atoms. The quantitative estimate of drug-likeness (QED) is 0.382. The number of rotatable bonds is 5. The van der Waals surface area contributed by atoms with E-state index in [1.165, 1.54) is 6.07 Å². The summed E-state index contributed by atoms with van der Waals surface area (Å²) in [7, 11) is 0. The summed E-state index contributed by atoms with van der Waals surface area (Å²) in [5.74, 6) is -0.874. The average Bonchev–Trinajstić information content (AvgIpc) is 2.46. The highest BCUT2D eigenvalue weighted by atomic mass is 19.1. The van der Waals surface area contributed by atoms with E-state index in [1.54, 1.807) is 24.3 Å². The van der Waals surface area contributed by atoms with E-state index in [0.29, 0.717) is 11.1 Å². The number of amidine groups is 1. The van der Waals surface area contributed by atoms with Gasteiger partial charge in [-0.25, -0.2) is 4.39 Å². The van der Waals surface area contributed by atoms with E-state index in [4.69, 9.17) is 15.9 Å². The minimum absolute atomic E-state index is 0.0117. The van der Waals surface area contributed by atoms with Crippen molar-refractivity contribution in [1.82, 2.24) is 0 Å². The molecule has 2 aromatic carbocycles. The first-order valence-electron chi connectivity index (χ1n) is 5.98. The first-order valence-corrected chi connectivity index (χ1v) is 5.98. The van der Waals surface area contributed by atoms with Gasteiger partial charge in [-0.15, -0.1) is 0 Å². The maximum absolute atomic E-state index is 13.0. The lowest BCUT2D eigenvalue weighted by atomic mass is 10.1. The van der Waals surface area contributed by atoms with Crippen molar-refractivity contribution >= 4 is 11.5 Å². The van der Waals surface area contributed by atoms with Crippen LogP contribution >= 0.6 is 0 Å². The van der Waals surface area contributed by atoms with Gasteiger partial charge >= 0.3 is 5.69 Å². The monoisotopic (exact) mass is 289 g/mol. The molecule has 108 valence electrons. The number of halogens is 1. The SMILES string of the molecule is N=C(N)c1ccccc1COc1ccc(F)cc1[N+](=O)[O-]. The fourth-order valence-corrected chi connectivity index (χ4v) is 1.82. The van der Waals surface area contributed by atoms with Crippen molar-refractivity contribution in [3.63, 3.8) is 0 Å². The highest BCUT2D eigenvalue weighted by Gasteiger charge is 2.17. The molecular weight excluding hydrogens is 277 g/mol. The van der Waals surface area contributed by atoms with Crippen molar-refractivity contribution in [2.75, 3.05) is 0 Å². The van der Waals surface area contributed by atoms with Crippen molar-refractivity contribution in [1.29, 1.82) is 5.41 Å². The molecule has 0 aliphatic carbocycles. The van der Waals surface area contributed by atoms with Crippen LogP contribution in [-0.2, 0) is 6.61 Å². The number of benzene rings is 2. The zero-order valence-corrected chi connectivity index (χ0v) is 10.9. The van der Waals surface area contributed by atoms with Gasteiger partial charge in [0.25, 0.3) is 0 Å². The molecule has 2 rings (SSSR count). The van der Waals surface area contributed by atoms with Crippen LogP contribution in [0.5, 0.6) is 5.75 Å². The van der Waals surface area contributed by atoms with E-state index >= 15 is 0 Å². The highest BCUT2D eigenvalue weighted by molar-refractivity contribution is 5.96. The fourth-order valence-electron chi connectivity index (χ4n) is 1.82. The lowest BCUT2D eigenvalue weighted by Crippen LogP contribution is -2.14. The van der Waals surface area contributed by atoms with Crippen LogP contribution in [0, 0.1) is 21.3 Å². The number of nitrogens with one attached hydrogen (secondary N) is 1. The van der Waals surface area contributed by atoms with Gasteiger partial charge in [-0.3, -0.25) is 15.5 Å². The third kappa shape index (κ3) is 3.33. The molecule has 2 aromatic rings. The third-order valence-electron chi connectivity index (χ3n) is 2.81. The highest BCUT2D eigenvalue weighted by Crippen LogP contribution is 2.28. The van der Waals surface area contributed by atoms with Crippen LogP contribution in [0.1, 0.15) is 11.1 Å². The van der Waals surface area contributed by atoms with Crippen molar-refractivity contribution in [2.24, 2.45) is 5.73 Å². The Bertz CT molecular complexity index is 704. The number of nitro groups is 1. The lowest BCUT2D eigenvalue weighted by molar-refractivity contribution is -0.386. The van der Waals surface area contributed by atoms with Gasteiger partial charge < -0.3 is 10.5 Å². The first kappa shape index (κ1) is 14.4. The Hall–Kier alpha value is -2.96. The molecule has 0 saturated heterocycles. The Labute approximate surface area is 119 Å². The topological polar surface area (TPSA) is 102 Å². The van der Waals surface area contributed by atoms with E-state index in [0.717, 1.165) is 12.1 Å². The van der Waals surface area contributed by atoms with Crippen LogP contribution in [0.3, 0.4) is 0 Å². The van der Waals surface area contributed by atoms with Crippen LogP contribution in [0.2, 0.25) is 0 Å². The molecule has 7 heteroatoms. The summed E-state index contributed by atoms with van der Waals surface area (Å²) < 4.78 is 18.4. The van der Waals surface area contributed by atoms with Crippen LogP contribution in [0.15, 0.2) is 42.5 Å². The number of nitrogen functional groups attached to an aromatic ring is 1. The molecular formula is C14H12FN3O3. The summed E-state index contributed by atoms with van der Waals surface area (Å²) >= 11 is 0. The predicted molar refractivity (Wildman–Crippen MR) is 74.8 cm³/mol. The number of nitro benzene ring substituents is 1. The molecule has 6 nitrogen and oxygen atoms in total. The van der Waals surface area contributed by atoms with E-state index in [2.05, 4.69) is 0 Å². The number of nitrogens with two attached hydrogens (primary N) is 1. The van der Waals surface area contributed by atoms with Crippen LogP contribution in [0.25, 0.3) is 0 Å². The second-order valence-corrected chi connectivity index (χ2v) is 4.23. The summed E-state index contributed by atoms with van der Waals surface area (Å²) in [6, 6.07) is 9.90. The molecule has 0 unspecified atom stereocenters.